The quantitative estimate of drug-likeness (QED) is 0.451. The summed E-state index contributed by atoms with van der Waals surface area (Å²) in [5.74, 6) is -0.712. The van der Waals surface area contributed by atoms with Crippen molar-refractivity contribution in [3.63, 3.8) is 0 Å². The first-order chi connectivity index (χ1) is 7.16. The fraction of sp³-hybridized carbons (Fsp3) is 0.364. The fourth-order valence-electron chi connectivity index (χ4n) is 1.16. The number of unbranched alkanes of at least 4 members (excludes halogenated alkanes) is 1. The van der Waals surface area contributed by atoms with Gasteiger partial charge in [-0.05, 0) is 18.6 Å². The summed E-state index contributed by atoms with van der Waals surface area (Å²) < 4.78 is 4.95. The highest BCUT2D eigenvalue weighted by Crippen LogP contribution is 2.23. The first kappa shape index (κ1) is 11.4. The van der Waals surface area contributed by atoms with Crippen molar-refractivity contribution in [3.05, 3.63) is 23.8 Å². The Morgan fingerprint density at radius 2 is 2.27 bits per heavy atom. The van der Waals surface area contributed by atoms with Gasteiger partial charge < -0.3 is 15.6 Å². The van der Waals surface area contributed by atoms with Crippen molar-refractivity contribution in [1.82, 2.24) is 0 Å². The van der Waals surface area contributed by atoms with Gasteiger partial charge in [0.2, 0.25) is 0 Å². The van der Waals surface area contributed by atoms with Gasteiger partial charge in [-0.15, -0.1) is 0 Å². The van der Waals surface area contributed by atoms with Crippen molar-refractivity contribution in [2.75, 3.05) is 12.3 Å². The van der Waals surface area contributed by atoms with Crippen LogP contribution in [-0.2, 0) is 4.74 Å². The summed E-state index contributed by atoms with van der Waals surface area (Å²) in [6.07, 6.45) is 1.75. The van der Waals surface area contributed by atoms with Crippen LogP contribution in [-0.4, -0.2) is 17.7 Å². The molecule has 0 aliphatic heterocycles. The van der Waals surface area contributed by atoms with E-state index in [1.165, 1.54) is 6.07 Å². The Kier molecular flexibility index (Phi) is 3.97. The number of hydrogen-bond donors (Lipinski definition) is 2. The molecule has 4 nitrogen and oxygen atoms in total. The first-order valence-corrected chi connectivity index (χ1v) is 4.91. The summed E-state index contributed by atoms with van der Waals surface area (Å²) >= 11 is 0. The number of hydrogen-bond acceptors (Lipinski definition) is 4. The second-order valence-electron chi connectivity index (χ2n) is 3.23. The third kappa shape index (κ3) is 2.87. The summed E-state index contributed by atoms with van der Waals surface area (Å²) in [7, 11) is 0. The van der Waals surface area contributed by atoms with Gasteiger partial charge in [-0.1, -0.05) is 19.4 Å². The lowest BCUT2D eigenvalue weighted by Gasteiger charge is -2.07. The monoisotopic (exact) mass is 209 g/mol. The molecule has 82 valence electrons. The maximum atomic E-state index is 11.5. The van der Waals surface area contributed by atoms with Gasteiger partial charge in [0.1, 0.15) is 11.3 Å². The van der Waals surface area contributed by atoms with Crippen molar-refractivity contribution < 1.29 is 14.6 Å². The molecule has 0 aromatic heterocycles. The third-order valence-corrected chi connectivity index (χ3v) is 2.01. The molecule has 1 aromatic rings. The predicted molar refractivity (Wildman–Crippen MR) is 57.7 cm³/mol. The zero-order valence-corrected chi connectivity index (χ0v) is 8.69. The van der Waals surface area contributed by atoms with E-state index >= 15 is 0 Å². The summed E-state index contributed by atoms with van der Waals surface area (Å²) in [4.78, 5) is 11.5. The normalized spacial score (nSPS) is 9.93. The molecule has 0 bridgehead atoms. The lowest BCUT2D eigenvalue weighted by atomic mass is 10.1. The maximum absolute atomic E-state index is 11.5. The number of phenols is 1. The topological polar surface area (TPSA) is 72.5 Å². The number of phenolic OH excluding ortho intramolecular Hbond substituents is 1. The number of esters is 1. The lowest BCUT2D eigenvalue weighted by molar-refractivity contribution is 0.0498. The lowest BCUT2D eigenvalue weighted by Crippen LogP contribution is -2.09. The van der Waals surface area contributed by atoms with Crippen LogP contribution in [0.5, 0.6) is 5.75 Å². The van der Waals surface area contributed by atoms with E-state index in [-0.39, 0.29) is 17.0 Å². The van der Waals surface area contributed by atoms with Crippen LogP contribution in [0, 0.1) is 0 Å². The van der Waals surface area contributed by atoms with Gasteiger partial charge in [0, 0.05) is 5.69 Å². The van der Waals surface area contributed by atoms with Gasteiger partial charge in [0.15, 0.2) is 0 Å². The van der Waals surface area contributed by atoms with Crippen LogP contribution in [0.15, 0.2) is 18.2 Å². The van der Waals surface area contributed by atoms with Crippen LogP contribution < -0.4 is 5.73 Å². The summed E-state index contributed by atoms with van der Waals surface area (Å²) in [5, 5.41) is 9.44. The highest BCUT2D eigenvalue weighted by atomic mass is 16.5. The van der Waals surface area contributed by atoms with Gasteiger partial charge in [-0.3, -0.25) is 0 Å². The largest absolute Gasteiger partial charge is 0.507 e. The molecule has 1 aromatic carbocycles. The highest BCUT2D eigenvalue weighted by molar-refractivity contribution is 5.97. The zero-order valence-electron chi connectivity index (χ0n) is 8.69. The van der Waals surface area contributed by atoms with Crippen LogP contribution in [0.4, 0.5) is 5.69 Å². The minimum Gasteiger partial charge on any atom is -0.507 e. The molecule has 0 aliphatic rings. The Hall–Kier alpha value is -1.71. The van der Waals surface area contributed by atoms with E-state index in [0.29, 0.717) is 6.61 Å². The smallest absolute Gasteiger partial charge is 0.344 e. The molecule has 0 radical (unpaired) electrons. The summed E-state index contributed by atoms with van der Waals surface area (Å²) in [6, 6.07) is 4.54. The second-order valence-corrected chi connectivity index (χ2v) is 3.23. The minimum absolute atomic E-state index is 0.0496. The van der Waals surface area contributed by atoms with E-state index < -0.39 is 5.97 Å². The number of aromatic hydroxyl groups is 1. The van der Waals surface area contributed by atoms with E-state index in [1.54, 1.807) is 12.1 Å². The molecular weight excluding hydrogens is 194 g/mol. The Labute approximate surface area is 88.7 Å². The number of carbonyl (C=O) groups excluding carboxylic acids is 1. The molecular formula is C11H15NO3. The molecule has 0 heterocycles. The number of rotatable bonds is 4. The second kappa shape index (κ2) is 5.24. The van der Waals surface area contributed by atoms with Crippen LogP contribution in [0.3, 0.4) is 0 Å². The predicted octanol–water partition coefficient (Wildman–Crippen LogP) is 1.93. The standard InChI is InChI=1S/C11H15NO3/c1-2-3-7-15-11(14)10-8(12)5-4-6-9(10)13/h4-6,13H,2-3,7,12H2,1H3. The molecule has 1 rings (SSSR count). The zero-order chi connectivity index (χ0) is 11.3. The molecule has 15 heavy (non-hydrogen) atoms. The fourth-order valence-corrected chi connectivity index (χ4v) is 1.16. The van der Waals surface area contributed by atoms with Crippen molar-refractivity contribution in [2.24, 2.45) is 0 Å². The highest BCUT2D eigenvalue weighted by Gasteiger charge is 2.15. The minimum atomic E-state index is -0.570. The van der Waals surface area contributed by atoms with E-state index in [2.05, 4.69) is 0 Å². The van der Waals surface area contributed by atoms with Gasteiger partial charge >= 0.3 is 5.97 Å². The Morgan fingerprint density at radius 3 is 2.87 bits per heavy atom. The van der Waals surface area contributed by atoms with E-state index in [1.807, 2.05) is 6.92 Å². The average Bonchev–Trinajstić information content (AvgIpc) is 2.18. The van der Waals surface area contributed by atoms with Crippen LogP contribution in [0.2, 0.25) is 0 Å². The molecule has 0 fully saturated rings. The molecule has 0 saturated heterocycles. The molecule has 0 unspecified atom stereocenters. The molecule has 0 saturated carbocycles. The maximum Gasteiger partial charge on any atom is 0.344 e. The van der Waals surface area contributed by atoms with E-state index in [4.69, 9.17) is 10.5 Å². The van der Waals surface area contributed by atoms with E-state index in [9.17, 15) is 9.90 Å². The Morgan fingerprint density at radius 1 is 1.53 bits per heavy atom. The first-order valence-electron chi connectivity index (χ1n) is 4.91. The average molecular weight is 209 g/mol. The molecule has 0 amide bonds. The SMILES string of the molecule is CCCCOC(=O)c1c(N)cccc1O. The van der Waals surface area contributed by atoms with Crippen LogP contribution in [0.1, 0.15) is 30.1 Å². The number of ether oxygens (including phenoxy) is 1. The molecule has 4 heteroatoms. The number of nitrogens with two attached hydrogens (primary N) is 1. The summed E-state index contributed by atoms with van der Waals surface area (Å²) in [6.45, 7) is 2.35. The van der Waals surface area contributed by atoms with Crippen molar-refractivity contribution in [2.45, 2.75) is 19.8 Å². The summed E-state index contributed by atoms with van der Waals surface area (Å²) in [5.41, 5.74) is 5.85. The Bertz CT molecular complexity index is 329. The van der Waals surface area contributed by atoms with Crippen molar-refractivity contribution in [1.29, 1.82) is 0 Å². The van der Waals surface area contributed by atoms with E-state index in [0.717, 1.165) is 12.8 Å². The van der Waals surface area contributed by atoms with Crippen LogP contribution in [0.25, 0.3) is 0 Å². The number of benzene rings is 1. The van der Waals surface area contributed by atoms with Crippen LogP contribution >= 0.6 is 0 Å². The molecule has 0 aliphatic carbocycles. The Balaban J connectivity index is 2.73. The van der Waals surface area contributed by atoms with Gasteiger partial charge in [0.25, 0.3) is 0 Å². The van der Waals surface area contributed by atoms with Crippen molar-refractivity contribution in [3.8, 4) is 5.75 Å². The molecule has 0 spiro atoms. The number of carbonyl (C=O) groups is 1. The molecule has 0 atom stereocenters. The van der Waals surface area contributed by atoms with Gasteiger partial charge in [-0.2, -0.15) is 0 Å². The third-order valence-electron chi connectivity index (χ3n) is 2.01. The van der Waals surface area contributed by atoms with Crippen molar-refractivity contribution >= 4 is 11.7 Å². The molecule has 3 N–H and O–H groups in total. The number of nitrogen functional groups attached to an aromatic ring is 1. The number of anilines is 1. The van der Waals surface area contributed by atoms with Gasteiger partial charge in [-0.25, -0.2) is 4.79 Å². The van der Waals surface area contributed by atoms with Gasteiger partial charge in [0.05, 0.1) is 6.61 Å².